The lowest BCUT2D eigenvalue weighted by Gasteiger charge is -2.28. The zero-order valence-electron chi connectivity index (χ0n) is 44.6. The molecule has 0 atom stereocenters. The number of hydrogen-bond donors (Lipinski definition) is 0. The molecule has 7 aromatic carbocycles. The van der Waals surface area contributed by atoms with Gasteiger partial charge >= 0.3 is 0 Å². The molecule has 78 heavy (non-hydrogen) atoms. The number of hydrogen-bond acceptors (Lipinski definition) is 6. The molecular weight excluding hydrogens is 949 g/mol. The van der Waals surface area contributed by atoms with Gasteiger partial charge in [-0.05, 0) is 144 Å². The van der Waals surface area contributed by atoms with Gasteiger partial charge in [0.1, 0.15) is 18.2 Å². The fourth-order valence-electron chi connectivity index (χ4n) is 10.8. The second-order valence-corrected chi connectivity index (χ2v) is 20.6. The van der Waals surface area contributed by atoms with E-state index in [1.807, 2.05) is 72.9 Å². The molecule has 0 amide bonds. The van der Waals surface area contributed by atoms with Crippen LogP contribution in [0, 0.1) is 34.0 Å². The van der Waals surface area contributed by atoms with Crippen LogP contribution in [0.1, 0.15) is 141 Å². The lowest BCUT2D eigenvalue weighted by molar-refractivity contribution is 0.578. The van der Waals surface area contributed by atoms with Gasteiger partial charge in [0.25, 0.3) is 0 Å². The van der Waals surface area contributed by atoms with Gasteiger partial charge in [0, 0.05) is 73.0 Å². The SMILES string of the molecule is N#Cc1c(/C=C/c2ccc(/C=C/c3ccc(N4CCCCC4)cc3)cc2)c(C#N)c(/C=C/c2ccc(/C=C/c3ccc(N4CCCCC4)cc3)cc2)c(C#N)c1/C=C/c1ccc(/C=C/c2ccc(N3CCCCC3)cc2)cc1. The van der Waals surface area contributed by atoms with Crippen LogP contribution in [0.4, 0.5) is 17.1 Å². The van der Waals surface area contributed by atoms with Crippen LogP contribution in [0.5, 0.6) is 0 Å². The molecule has 384 valence electrons. The highest BCUT2D eigenvalue weighted by atomic mass is 15.1. The number of nitriles is 3. The summed E-state index contributed by atoms with van der Waals surface area (Å²) in [5.74, 6) is 0. The summed E-state index contributed by atoms with van der Waals surface area (Å²) in [4.78, 5) is 7.41. The minimum Gasteiger partial charge on any atom is -0.372 e. The Morgan fingerprint density at radius 3 is 0.577 bits per heavy atom. The topological polar surface area (TPSA) is 81.1 Å². The molecule has 0 saturated carbocycles. The van der Waals surface area contributed by atoms with Crippen molar-refractivity contribution < 1.29 is 0 Å². The third kappa shape index (κ3) is 13.4. The van der Waals surface area contributed by atoms with Gasteiger partial charge in [-0.2, -0.15) is 15.8 Å². The number of benzene rings is 7. The van der Waals surface area contributed by atoms with E-state index in [9.17, 15) is 15.8 Å². The van der Waals surface area contributed by atoms with Crippen LogP contribution in [0.2, 0.25) is 0 Å². The smallest absolute Gasteiger partial charge is 0.100 e. The molecule has 6 heteroatoms. The molecular formula is C72H66N6. The summed E-state index contributed by atoms with van der Waals surface area (Å²) in [7, 11) is 0. The molecule has 7 aromatic rings. The molecule has 0 N–H and O–H groups in total. The van der Waals surface area contributed by atoms with Gasteiger partial charge in [-0.15, -0.1) is 0 Å². The van der Waals surface area contributed by atoms with Gasteiger partial charge in [0.15, 0.2) is 0 Å². The van der Waals surface area contributed by atoms with Crippen molar-refractivity contribution in [2.45, 2.75) is 57.8 Å². The number of anilines is 3. The standard InChI is InChI=1S/C72H66N6/c73-52-70-67(43-34-58-19-10-55(11-20-58)16-25-61-28-37-64(38-29-61)76-46-4-1-5-47-76)71(53-74)69(45-36-60-23-14-57(15-24-60)18-27-63-32-41-66(42-33-63)78-50-8-3-9-51-78)72(54-75)68(70)44-35-59-21-12-56(13-22-59)17-26-62-30-39-65(40-31-62)77-48-6-2-7-49-77/h10-45H,1-9,46-51H2/b25-16+,26-17+,27-18+,43-34+,44-35+,45-36+. The van der Waals surface area contributed by atoms with Gasteiger partial charge in [-0.1, -0.05) is 182 Å². The van der Waals surface area contributed by atoms with E-state index in [0.717, 1.165) is 89.3 Å². The van der Waals surface area contributed by atoms with Crippen molar-refractivity contribution in [3.63, 3.8) is 0 Å². The number of piperidine rings is 3. The summed E-state index contributed by atoms with van der Waals surface area (Å²) in [5, 5.41) is 32.7. The van der Waals surface area contributed by atoms with E-state index in [4.69, 9.17) is 0 Å². The minimum absolute atomic E-state index is 0.266. The van der Waals surface area contributed by atoms with E-state index < -0.39 is 0 Å². The van der Waals surface area contributed by atoms with E-state index >= 15 is 0 Å². The highest BCUT2D eigenvalue weighted by molar-refractivity contribution is 5.90. The van der Waals surface area contributed by atoms with E-state index in [-0.39, 0.29) is 16.7 Å². The zero-order chi connectivity index (χ0) is 53.3. The summed E-state index contributed by atoms with van der Waals surface area (Å²) in [6.07, 6.45) is 35.5. The Kier molecular flexibility index (Phi) is 17.5. The van der Waals surface area contributed by atoms with Crippen molar-refractivity contribution in [2.24, 2.45) is 0 Å². The summed E-state index contributed by atoms with van der Waals surface area (Å²) in [6.45, 7) is 6.75. The first-order chi connectivity index (χ1) is 38.5. The van der Waals surface area contributed by atoms with Crippen molar-refractivity contribution in [1.82, 2.24) is 0 Å². The highest BCUT2D eigenvalue weighted by Gasteiger charge is 2.21. The molecule has 3 saturated heterocycles. The molecule has 3 aliphatic rings. The van der Waals surface area contributed by atoms with Crippen LogP contribution >= 0.6 is 0 Å². The Bertz CT molecular complexity index is 3070. The third-order valence-electron chi connectivity index (χ3n) is 15.3. The second kappa shape index (κ2) is 26.1. The van der Waals surface area contributed by atoms with Crippen molar-refractivity contribution in [3.8, 4) is 18.2 Å². The van der Waals surface area contributed by atoms with Gasteiger partial charge in [-0.3, -0.25) is 0 Å². The molecule has 10 rings (SSSR count). The quantitative estimate of drug-likeness (QED) is 0.0952. The van der Waals surface area contributed by atoms with Crippen molar-refractivity contribution in [3.05, 3.63) is 229 Å². The molecule has 0 radical (unpaired) electrons. The van der Waals surface area contributed by atoms with E-state index in [0.29, 0.717) is 16.7 Å². The largest absolute Gasteiger partial charge is 0.372 e. The average Bonchev–Trinajstić information content (AvgIpc) is 3.56. The summed E-state index contributed by atoms with van der Waals surface area (Å²) in [5.41, 5.74) is 15.4. The monoisotopic (exact) mass is 1010 g/mol. The predicted octanol–water partition coefficient (Wildman–Crippen LogP) is 17.3. The fraction of sp³-hybridized carbons (Fsp3) is 0.208. The first kappa shape index (κ1) is 52.3. The van der Waals surface area contributed by atoms with Gasteiger partial charge in [-0.25, -0.2) is 0 Å². The van der Waals surface area contributed by atoms with Crippen molar-refractivity contribution in [1.29, 1.82) is 15.8 Å². The van der Waals surface area contributed by atoms with Gasteiger partial charge in [0.05, 0.1) is 16.7 Å². The first-order valence-corrected chi connectivity index (χ1v) is 27.9. The lowest BCUT2D eigenvalue weighted by Crippen LogP contribution is -2.29. The Labute approximate surface area is 462 Å². The lowest BCUT2D eigenvalue weighted by atomic mass is 9.86. The Morgan fingerprint density at radius 2 is 0.397 bits per heavy atom. The molecule has 6 nitrogen and oxygen atoms in total. The Hall–Kier alpha value is -9.15. The predicted molar refractivity (Wildman–Crippen MR) is 331 cm³/mol. The Morgan fingerprint density at radius 1 is 0.231 bits per heavy atom. The van der Waals surface area contributed by atoms with Crippen LogP contribution in [-0.2, 0) is 0 Å². The Balaban J connectivity index is 0.902. The van der Waals surface area contributed by atoms with Crippen molar-refractivity contribution in [2.75, 3.05) is 54.0 Å². The zero-order valence-corrected chi connectivity index (χ0v) is 44.6. The summed E-state index contributed by atoms with van der Waals surface area (Å²) < 4.78 is 0. The van der Waals surface area contributed by atoms with Crippen LogP contribution in [0.3, 0.4) is 0 Å². The van der Waals surface area contributed by atoms with E-state index in [1.54, 1.807) is 0 Å². The normalized spacial score (nSPS) is 15.3. The maximum atomic E-state index is 10.9. The maximum Gasteiger partial charge on any atom is 0.100 e. The second-order valence-electron chi connectivity index (χ2n) is 20.6. The van der Waals surface area contributed by atoms with Crippen LogP contribution in [0.15, 0.2) is 146 Å². The van der Waals surface area contributed by atoms with E-state index in [2.05, 4.69) is 179 Å². The van der Waals surface area contributed by atoms with Crippen LogP contribution in [-0.4, -0.2) is 39.3 Å². The molecule has 3 heterocycles. The van der Waals surface area contributed by atoms with Gasteiger partial charge in [0.2, 0.25) is 0 Å². The molecule has 0 unspecified atom stereocenters. The highest BCUT2D eigenvalue weighted by Crippen LogP contribution is 2.33. The number of rotatable bonds is 15. The minimum atomic E-state index is 0.266. The number of nitrogens with zero attached hydrogens (tertiary/aromatic N) is 6. The molecule has 0 aromatic heterocycles. The van der Waals surface area contributed by atoms with Gasteiger partial charge < -0.3 is 14.7 Å². The van der Waals surface area contributed by atoms with Crippen LogP contribution < -0.4 is 14.7 Å². The molecule has 0 bridgehead atoms. The molecule has 3 fully saturated rings. The van der Waals surface area contributed by atoms with Crippen molar-refractivity contribution >= 4 is 90.0 Å². The maximum absolute atomic E-state index is 10.9. The first-order valence-electron chi connectivity index (χ1n) is 27.9. The average molecular weight is 1020 g/mol. The molecule has 0 spiro atoms. The fourth-order valence-corrected chi connectivity index (χ4v) is 10.8. The molecule has 0 aliphatic carbocycles. The van der Waals surface area contributed by atoms with Crippen LogP contribution in [0.25, 0.3) is 72.9 Å². The summed E-state index contributed by atoms with van der Waals surface area (Å²) >= 11 is 0. The van der Waals surface area contributed by atoms with E-state index in [1.165, 1.54) is 74.8 Å². The summed E-state index contributed by atoms with van der Waals surface area (Å²) in [6, 6.07) is 58.2. The third-order valence-corrected chi connectivity index (χ3v) is 15.3. The molecule has 3 aliphatic heterocycles.